The van der Waals surface area contributed by atoms with Crippen LogP contribution < -0.4 is 14.8 Å². The number of methoxy groups -OCH3 is 2. The van der Waals surface area contributed by atoms with Gasteiger partial charge >= 0.3 is 0 Å². The fourth-order valence-corrected chi connectivity index (χ4v) is 2.64. The Labute approximate surface area is 114 Å². The van der Waals surface area contributed by atoms with E-state index in [1.54, 1.807) is 39.3 Å². The number of alkyl halides is 1. The van der Waals surface area contributed by atoms with Crippen molar-refractivity contribution >= 4 is 0 Å². The third kappa shape index (κ3) is 3.00. The van der Waals surface area contributed by atoms with Gasteiger partial charge in [-0.2, -0.15) is 0 Å². The molecule has 1 aliphatic rings. The zero-order valence-electron chi connectivity index (χ0n) is 11.8. The molecule has 0 spiro atoms. The largest absolute Gasteiger partial charge is 0.497 e. The Balaban J connectivity index is 2.32. The predicted molar refractivity (Wildman–Crippen MR) is 73.6 cm³/mol. The molecule has 4 heteroatoms. The van der Waals surface area contributed by atoms with Crippen molar-refractivity contribution in [2.45, 2.75) is 25.4 Å². The molecule has 1 heterocycles. The highest BCUT2D eigenvalue weighted by molar-refractivity contribution is 5.41. The Morgan fingerprint density at radius 3 is 2.32 bits per heavy atom. The first-order valence-corrected chi connectivity index (χ1v) is 6.71. The molecule has 1 aromatic carbocycles. The fourth-order valence-electron chi connectivity index (χ4n) is 2.64. The average Bonchev–Trinajstić information content (AvgIpc) is 2.47. The number of ether oxygens (including phenoxy) is 2. The van der Waals surface area contributed by atoms with E-state index < -0.39 is 5.67 Å². The van der Waals surface area contributed by atoms with Gasteiger partial charge in [0.15, 0.2) is 0 Å². The lowest BCUT2D eigenvalue weighted by atomic mass is 9.80. The summed E-state index contributed by atoms with van der Waals surface area (Å²) in [4.78, 5) is 0. The smallest absolute Gasteiger partial charge is 0.137 e. The molecule has 1 aliphatic heterocycles. The van der Waals surface area contributed by atoms with Gasteiger partial charge in [-0.1, -0.05) is 0 Å². The molecule has 1 N–H and O–H groups in total. The lowest BCUT2D eigenvalue weighted by Gasteiger charge is -2.34. The lowest BCUT2D eigenvalue weighted by molar-refractivity contribution is 0.0807. The standard InChI is InChI=1S/C15H22FNO2/c1-15(16,11-5-4-6-17-10-11)12-7-13(18-2)9-14(8-12)19-3/h7-9,11,17H,4-6,10H2,1-3H3. The number of nitrogens with one attached hydrogen (secondary N) is 1. The van der Waals surface area contributed by atoms with Crippen LogP contribution in [0.25, 0.3) is 0 Å². The molecule has 0 aliphatic carbocycles. The zero-order valence-corrected chi connectivity index (χ0v) is 11.8. The van der Waals surface area contributed by atoms with Crippen molar-refractivity contribution in [1.29, 1.82) is 0 Å². The van der Waals surface area contributed by atoms with Crippen molar-refractivity contribution in [1.82, 2.24) is 5.32 Å². The highest BCUT2D eigenvalue weighted by Crippen LogP contribution is 2.40. The summed E-state index contributed by atoms with van der Waals surface area (Å²) >= 11 is 0. The first kappa shape index (κ1) is 14.1. The molecule has 0 bridgehead atoms. The van der Waals surface area contributed by atoms with Crippen LogP contribution in [0.3, 0.4) is 0 Å². The van der Waals surface area contributed by atoms with E-state index in [-0.39, 0.29) is 5.92 Å². The topological polar surface area (TPSA) is 30.5 Å². The lowest BCUT2D eigenvalue weighted by Crippen LogP contribution is -2.40. The van der Waals surface area contributed by atoms with Gasteiger partial charge in [0.1, 0.15) is 17.2 Å². The monoisotopic (exact) mass is 267 g/mol. The van der Waals surface area contributed by atoms with Crippen LogP contribution in [-0.4, -0.2) is 27.3 Å². The molecule has 0 amide bonds. The van der Waals surface area contributed by atoms with Crippen molar-refractivity contribution in [2.75, 3.05) is 27.3 Å². The van der Waals surface area contributed by atoms with Crippen molar-refractivity contribution in [3.8, 4) is 11.5 Å². The van der Waals surface area contributed by atoms with Crippen LogP contribution in [0.5, 0.6) is 11.5 Å². The summed E-state index contributed by atoms with van der Waals surface area (Å²) in [6.45, 7) is 3.35. The van der Waals surface area contributed by atoms with E-state index in [2.05, 4.69) is 5.32 Å². The number of hydrogen-bond donors (Lipinski definition) is 1. The molecule has 0 saturated carbocycles. The van der Waals surface area contributed by atoms with Crippen LogP contribution in [-0.2, 0) is 5.67 Å². The SMILES string of the molecule is COc1cc(OC)cc(C(C)(F)C2CCCNC2)c1. The maximum Gasteiger partial charge on any atom is 0.137 e. The molecule has 2 atom stereocenters. The molecule has 2 unspecified atom stereocenters. The number of benzene rings is 1. The molecule has 0 radical (unpaired) electrons. The molecule has 3 nitrogen and oxygen atoms in total. The predicted octanol–water partition coefficient (Wildman–Crippen LogP) is 2.89. The summed E-state index contributed by atoms with van der Waals surface area (Å²) in [5, 5.41) is 3.27. The fraction of sp³-hybridized carbons (Fsp3) is 0.600. The van der Waals surface area contributed by atoms with Gasteiger partial charge in [-0.25, -0.2) is 4.39 Å². The van der Waals surface area contributed by atoms with Crippen LogP contribution in [0.1, 0.15) is 25.3 Å². The van der Waals surface area contributed by atoms with Crippen LogP contribution in [0, 0.1) is 5.92 Å². The number of halogens is 1. The number of hydrogen-bond acceptors (Lipinski definition) is 3. The quantitative estimate of drug-likeness (QED) is 0.910. The Bertz CT molecular complexity index is 406. The van der Waals surface area contributed by atoms with Crippen molar-refractivity contribution < 1.29 is 13.9 Å². The Kier molecular flexibility index (Phi) is 4.30. The van der Waals surface area contributed by atoms with Gasteiger partial charge in [-0.15, -0.1) is 0 Å². The highest BCUT2D eigenvalue weighted by Gasteiger charge is 2.37. The van der Waals surface area contributed by atoms with Crippen molar-refractivity contribution in [3.05, 3.63) is 23.8 Å². The zero-order chi connectivity index (χ0) is 13.9. The molecule has 0 aromatic heterocycles. The van der Waals surface area contributed by atoms with E-state index in [0.29, 0.717) is 23.6 Å². The van der Waals surface area contributed by atoms with E-state index in [1.807, 2.05) is 0 Å². The van der Waals surface area contributed by atoms with Gasteiger partial charge in [0.2, 0.25) is 0 Å². The van der Waals surface area contributed by atoms with Gasteiger partial charge in [-0.3, -0.25) is 0 Å². The normalized spacial score (nSPS) is 22.6. The number of piperidine rings is 1. The van der Waals surface area contributed by atoms with Gasteiger partial charge in [0, 0.05) is 18.5 Å². The Hall–Kier alpha value is -1.29. The van der Waals surface area contributed by atoms with Crippen LogP contribution in [0.2, 0.25) is 0 Å². The van der Waals surface area contributed by atoms with Gasteiger partial charge in [0.25, 0.3) is 0 Å². The maximum absolute atomic E-state index is 15.2. The van der Waals surface area contributed by atoms with Gasteiger partial charge in [-0.05, 0) is 44.0 Å². The van der Waals surface area contributed by atoms with E-state index in [9.17, 15) is 0 Å². The van der Waals surface area contributed by atoms with E-state index in [4.69, 9.17) is 9.47 Å². The summed E-state index contributed by atoms with van der Waals surface area (Å²) in [6, 6.07) is 5.28. The molecule has 19 heavy (non-hydrogen) atoms. The Morgan fingerprint density at radius 1 is 1.21 bits per heavy atom. The second kappa shape index (κ2) is 5.78. The molecule has 1 saturated heterocycles. The summed E-state index contributed by atoms with van der Waals surface area (Å²) in [5.74, 6) is 1.24. The molecular formula is C15H22FNO2. The average molecular weight is 267 g/mol. The minimum absolute atomic E-state index is 0.0157. The second-order valence-corrected chi connectivity index (χ2v) is 5.22. The van der Waals surface area contributed by atoms with Gasteiger partial charge in [0.05, 0.1) is 14.2 Å². The molecular weight excluding hydrogens is 245 g/mol. The number of rotatable bonds is 4. The molecule has 106 valence electrons. The summed E-state index contributed by atoms with van der Waals surface area (Å²) < 4.78 is 25.6. The second-order valence-electron chi connectivity index (χ2n) is 5.22. The minimum atomic E-state index is -1.38. The molecule has 2 rings (SSSR count). The minimum Gasteiger partial charge on any atom is -0.497 e. The molecule has 1 aromatic rings. The van der Waals surface area contributed by atoms with E-state index in [1.165, 1.54) is 0 Å². The van der Waals surface area contributed by atoms with Crippen LogP contribution in [0.4, 0.5) is 4.39 Å². The third-order valence-electron chi connectivity index (χ3n) is 3.98. The maximum atomic E-state index is 15.2. The third-order valence-corrected chi connectivity index (χ3v) is 3.98. The first-order chi connectivity index (χ1) is 9.07. The van der Waals surface area contributed by atoms with Gasteiger partial charge < -0.3 is 14.8 Å². The first-order valence-electron chi connectivity index (χ1n) is 6.71. The van der Waals surface area contributed by atoms with E-state index in [0.717, 1.165) is 19.4 Å². The highest BCUT2D eigenvalue weighted by atomic mass is 19.1. The van der Waals surface area contributed by atoms with E-state index >= 15 is 4.39 Å². The molecule has 1 fully saturated rings. The van der Waals surface area contributed by atoms with Crippen LogP contribution >= 0.6 is 0 Å². The summed E-state index contributed by atoms with van der Waals surface area (Å²) in [7, 11) is 3.16. The van der Waals surface area contributed by atoms with Crippen LogP contribution in [0.15, 0.2) is 18.2 Å². The van der Waals surface area contributed by atoms with Crippen molar-refractivity contribution in [3.63, 3.8) is 0 Å². The summed E-state index contributed by atoms with van der Waals surface area (Å²) in [5.41, 5.74) is -0.757. The summed E-state index contributed by atoms with van der Waals surface area (Å²) in [6.07, 6.45) is 1.92. The van der Waals surface area contributed by atoms with Crippen molar-refractivity contribution in [2.24, 2.45) is 5.92 Å². The Morgan fingerprint density at radius 2 is 1.84 bits per heavy atom.